The molecule has 0 bridgehead atoms. The Kier molecular flexibility index (Phi) is 5.88. The van der Waals surface area contributed by atoms with Crippen molar-refractivity contribution in [2.45, 2.75) is 13.1 Å². The average molecular weight is 421 g/mol. The van der Waals surface area contributed by atoms with Crippen molar-refractivity contribution in [3.8, 4) is 0 Å². The van der Waals surface area contributed by atoms with Crippen molar-refractivity contribution in [3.05, 3.63) is 53.6 Å². The molecular formula is C20H22F3N5O2. The molecule has 0 radical (unpaired) electrons. The topological polar surface area (TPSA) is 95.9 Å². The number of para-hydroxylation sites is 2. The molecule has 0 spiro atoms. The molecule has 0 aromatic heterocycles. The molecule has 3 rings (SSSR count). The van der Waals surface area contributed by atoms with Gasteiger partial charge in [-0.15, -0.1) is 0 Å². The Labute approximate surface area is 171 Å². The van der Waals surface area contributed by atoms with Gasteiger partial charge in [0, 0.05) is 19.6 Å². The monoisotopic (exact) mass is 421 g/mol. The predicted octanol–water partition coefficient (Wildman–Crippen LogP) is 2.99. The van der Waals surface area contributed by atoms with E-state index < -0.39 is 29.2 Å². The van der Waals surface area contributed by atoms with Gasteiger partial charge in [-0.25, -0.2) is 4.79 Å². The third kappa shape index (κ3) is 3.78. The second-order valence-electron chi connectivity index (χ2n) is 6.70. The molecule has 2 aromatic carbocycles. The summed E-state index contributed by atoms with van der Waals surface area (Å²) in [6.45, 7) is 2.34. The van der Waals surface area contributed by atoms with Crippen LogP contribution in [-0.2, 0) is 6.18 Å². The van der Waals surface area contributed by atoms with Gasteiger partial charge in [-0.3, -0.25) is 14.6 Å². The van der Waals surface area contributed by atoms with E-state index in [2.05, 4.69) is 0 Å². The van der Waals surface area contributed by atoms with Crippen LogP contribution in [0.1, 0.15) is 22.8 Å². The highest BCUT2D eigenvalue weighted by Gasteiger charge is 2.41. The number of primary amides is 1. The van der Waals surface area contributed by atoms with Gasteiger partial charge in [-0.2, -0.15) is 13.2 Å². The van der Waals surface area contributed by atoms with E-state index in [0.29, 0.717) is 5.69 Å². The van der Waals surface area contributed by atoms with Crippen molar-refractivity contribution < 1.29 is 22.8 Å². The lowest BCUT2D eigenvalue weighted by Gasteiger charge is -2.40. The van der Waals surface area contributed by atoms with Gasteiger partial charge in [0.25, 0.3) is 5.91 Å². The summed E-state index contributed by atoms with van der Waals surface area (Å²) >= 11 is 0. The normalized spacial score (nSPS) is 14.0. The van der Waals surface area contributed by atoms with E-state index in [-0.39, 0.29) is 37.7 Å². The van der Waals surface area contributed by atoms with Crippen LogP contribution in [0.25, 0.3) is 0 Å². The molecule has 0 aliphatic carbocycles. The SMILES string of the molecule is CCN(C(N)=O)c1ccccc1N1CN(CCN)c2cccc(C(F)(F)F)c2C1=O. The second kappa shape index (κ2) is 8.23. The van der Waals surface area contributed by atoms with Crippen molar-refractivity contribution in [2.24, 2.45) is 11.5 Å². The number of halogens is 3. The molecule has 7 nitrogen and oxygen atoms in total. The minimum absolute atomic E-state index is 0.0162. The summed E-state index contributed by atoms with van der Waals surface area (Å²) < 4.78 is 41.0. The zero-order valence-corrected chi connectivity index (χ0v) is 16.3. The number of carbonyl (C=O) groups excluding carboxylic acids is 2. The van der Waals surface area contributed by atoms with Crippen molar-refractivity contribution >= 4 is 29.0 Å². The number of nitrogens with two attached hydrogens (primary N) is 2. The third-order valence-corrected chi connectivity index (χ3v) is 4.90. The van der Waals surface area contributed by atoms with Gasteiger partial charge in [0.15, 0.2) is 0 Å². The highest BCUT2D eigenvalue weighted by atomic mass is 19.4. The molecule has 2 aromatic rings. The molecule has 1 aliphatic heterocycles. The van der Waals surface area contributed by atoms with Crippen LogP contribution in [0.4, 0.5) is 35.0 Å². The summed E-state index contributed by atoms with van der Waals surface area (Å²) in [6, 6.07) is 9.36. The van der Waals surface area contributed by atoms with E-state index in [9.17, 15) is 22.8 Å². The number of nitrogens with zero attached hydrogens (tertiary/aromatic N) is 3. The zero-order chi connectivity index (χ0) is 22.1. The Morgan fingerprint density at radius 3 is 2.40 bits per heavy atom. The molecule has 0 fully saturated rings. The molecule has 0 saturated heterocycles. The smallest absolute Gasteiger partial charge is 0.351 e. The van der Waals surface area contributed by atoms with Crippen molar-refractivity contribution in [2.75, 3.05) is 41.0 Å². The van der Waals surface area contributed by atoms with Gasteiger partial charge >= 0.3 is 12.2 Å². The molecule has 1 aliphatic rings. The fourth-order valence-corrected chi connectivity index (χ4v) is 3.61. The van der Waals surface area contributed by atoms with Crippen LogP contribution < -0.4 is 26.2 Å². The van der Waals surface area contributed by atoms with Crippen molar-refractivity contribution in [1.29, 1.82) is 0 Å². The summed E-state index contributed by atoms with van der Waals surface area (Å²) in [5.41, 5.74) is 10.5. The van der Waals surface area contributed by atoms with Crippen LogP contribution in [0.5, 0.6) is 0 Å². The lowest BCUT2D eigenvalue weighted by atomic mass is 10.00. The van der Waals surface area contributed by atoms with Crippen LogP contribution in [0.15, 0.2) is 42.5 Å². The number of hydrogen-bond donors (Lipinski definition) is 2. The molecule has 0 atom stereocenters. The number of hydrogen-bond acceptors (Lipinski definition) is 4. The number of fused-ring (bicyclic) bond motifs is 1. The highest BCUT2D eigenvalue weighted by Crippen LogP contribution is 2.41. The number of amides is 3. The minimum Gasteiger partial charge on any atom is -0.351 e. The molecule has 160 valence electrons. The molecule has 1 heterocycles. The Morgan fingerprint density at radius 1 is 1.13 bits per heavy atom. The first kappa shape index (κ1) is 21.4. The number of alkyl halides is 3. The van der Waals surface area contributed by atoms with Crippen LogP contribution in [-0.4, -0.2) is 38.2 Å². The van der Waals surface area contributed by atoms with E-state index in [1.54, 1.807) is 36.1 Å². The van der Waals surface area contributed by atoms with Crippen LogP contribution >= 0.6 is 0 Å². The molecule has 0 saturated carbocycles. The van der Waals surface area contributed by atoms with E-state index in [1.165, 1.54) is 21.9 Å². The molecule has 30 heavy (non-hydrogen) atoms. The average Bonchev–Trinajstić information content (AvgIpc) is 2.70. The van der Waals surface area contributed by atoms with Crippen LogP contribution in [0, 0.1) is 0 Å². The van der Waals surface area contributed by atoms with E-state index >= 15 is 0 Å². The largest absolute Gasteiger partial charge is 0.417 e. The van der Waals surface area contributed by atoms with Crippen molar-refractivity contribution in [1.82, 2.24) is 0 Å². The Bertz CT molecular complexity index is 964. The van der Waals surface area contributed by atoms with Gasteiger partial charge in [-0.1, -0.05) is 18.2 Å². The number of urea groups is 1. The Hall–Kier alpha value is -3.27. The number of anilines is 3. The summed E-state index contributed by atoms with van der Waals surface area (Å²) in [4.78, 5) is 29.3. The van der Waals surface area contributed by atoms with E-state index in [0.717, 1.165) is 6.07 Å². The van der Waals surface area contributed by atoms with E-state index in [4.69, 9.17) is 11.5 Å². The second-order valence-corrected chi connectivity index (χ2v) is 6.70. The third-order valence-electron chi connectivity index (χ3n) is 4.90. The maximum absolute atomic E-state index is 13.7. The van der Waals surface area contributed by atoms with Crippen molar-refractivity contribution in [3.63, 3.8) is 0 Å². The van der Waals surface area contributed by atoms with Crippen LogP contribution in [0.2, 0.25) is 0 Å². The molecule has 0 unspecified atom stereocenters. The van der Waals surface area contributed by atoms with Gasteiger partial charge in [0.1, 0.15) is 0 Å². The lowest BCUT2D eigenvalue weighted by molar-refractivity contribution is -0.137. The first-order chi connectivity index (χ1) is 14.2. The quantitative estimate of drug-likeness (QED) is 0.776. The van der Waals surface area contributed by atoms with Gasteiger partial charge in [-0.05, 0) is 31.2 Å². The summed E-state index contributed by atoms with van der Waals surface area (Å²) in [7, 11) is 0. The lowest BCUT2D eigenvalue weighted by Crippen LogP contribution is -2.50. The zero-order valence-electron chi connectivity index (χ0n) is 16.3. The summed E-state index contributed by atoms with van der Waals surface area (Å²) in [5, 5.41) is 0. The number of rotatable bonds is 5. The van der Waals surface area contributed by atoms with Gasteiger partial charge in [0.2, 0.25) is 0 Å². The number of benzene rings is 2. The maximum atomic E-state index is 13.7. The maximum Gasteiger partial charge on any atom is 0.417 e. The Balaban J connectivity index is 2.19. The fraction of sp³-hybridized carbons (Fsp3) is 0.300. The molecular weight excluding hydrogens is 399 g/mol. The minimum atomic E-state index is -4.71. The molecule has 3 amide bonds. The number of carbonyl (C=O) groups is 2. The summed E-state index contributed by atoms with van der Waals surface area (Å²) in [5.74, 6) is -0.806. The predicted molar refractivity (Wildman–Crippen MR) is 109 cm³/mol. The van der Waals surface area contributed by atoms with E-state index in [1.807, 2.05) is 0 Å². The first-order valence-electron chi connectivity index (χ1n) is 9.33. The van der Waals surface area contributed by atoms with Gasteiger partial charge in [0.05, 0.1) is 34.9 Å². The first-order valence-corrected chi connectivity index (χ1v) is 9.33. The molecule has 4 N–H and O–H groups in total. The summed E-state index contributed by atoms with van der Waals surface area (Å²) in [6.07, 6.45) is -4.71. The molecule has 10 heteroatoms. The van der Waals surface area contributed by atoms with Gasteiger partial charge < -0.3 is 16.4 Å². The Morgan fingerprint density at radius 2 is 1.80 bits per heavy atom. The standard InChI is InChI=1S/C20H22F3N5O2/c1-2-27(19(25)30)14-7-3-4-8-15(14)28-12-26(11-10-24)16-9-5-6-13(20(21,22)23)17(16)18(28)29/h3-9H,2,10-12,24H2,1H3,(H2,25,30). The fourth-order valence-electron chi connectivity index (χ4n) is 3.61. The van der Waals surface area contributed by atoms with Crippen LogP contribution in [0.3, 0.4) is 0 Å². The highest BCUT2D eigenvalue weighted by molar-refractivity contribution is 6.14.